The molecule has 0 fully saturated rings. The van der Waals surface area contributed by atoms with Crippen LogP contribution in [0.25, 0.3) is 0 Å². The minimum Gasteiger partial charge on any atom is -0.478 e. The summed E-state index contributed by atoms with van der Waals surface area (Å²) in [5, 5.41) is 11.9. The third-order valence-corrected chi connectivity index (χ3v) is 4.16. The van der Waals surface area contributed by atoms with Crippen LogP contribution in [0.2, 0.25) is 0 Å². The molecular weight excluding hydrogens is 346 g/mol. The molecule has 4 N–H and O–H groups in total. The smallest absolute Gasteiger partial charge is 0.335 e. The average molecular weight is 356 g/mol. The molecule has 2 aromatic rings. The summed E-state index contributed by atoms with van der Waals surface area (Å²) >= 11 is 4.34. The van der Waals surface area contributed by atoms with E-state index in [1.54, 1.807) is 13.0 Å². The van der Waals surface area contributed by atoms with Crippen LogP contribution in [0.1, 0.15) is 25.7 Å². The standard InChI is InChI=1S/C12H10BrN3O3S/c1-5-9(20-12(14)15-5)10(17)16-8-4-6(11(18)19)2-3-7(8)13/h2-4H,1H3,(H2,14,15)(H,16,17)(H,18,19). The molecule has 0 saturated heterocycles. The van der Waals surface area contributed by atoms with Crippen LogP contribution in [-0.4, -0.2) is 22.0 Å². The number of amides is 1. The fraction of sp³-hybridized carbons (Fsp3) is 0.0833. The predicted molar refractivity (Wildman–Crippen MR) is 80.3 cm³/mol. The molecule has 0 unspecified atom stereocenters. The Bertz CT molecular complexity index is 699. The molecule has 0 atom stereocenters. The number of thiazole rings is 1. The Morgan fingerprint density at radius 3 is 2.70 bits per heavy atom. The van der Waals surface area contributed by atoms with Crippen molar-refractivity contribution in [1.82, 2.24) is 4.98 Å². The molecule has 104 valence electrons. The van der Waals surface area contributed by atoms with Gasteiger partial charge >= 0.3 is 5.97 Å². The maximum Gasteiger partial charge on any atom is 0.335 e. The number of hydrogen-bond donors (Lipinski definition) is 3. The number of aromatic nitrogens is 1. The van der Waals surface area contributed by atoms with Crippen molar-refractivity contribution in [2.24, 2.45) is 0 Å². The van der Waals surface area contributed by atoms with Gasteiger partial charge in [0, 0.05) is 4.47 Å². The second-order valence-electron chi connectivity index (χ2n) is 3.92. The second kappa shape index (κ2) is 5.59. The van der Waals surface area contributed by atoms with Crippen molar-refractivity contribution in [2.45, 2.75) is 6.92 Å². The van der Waals surface area contributed by atoms with Crippen molar-refractivity contribution in [3.63, 3.8) is 0 Å². The Balaban J connectivity index is 2.30. The Hall–Kier alpha value is -1.93. The Morgan fingerprint density at radius 1 is 1.45 bits per heavy atom. The highest BCUT2D eigenvalue weighted by Gasteiger charge is 2.16. The van der Waals surface area contributed by atoms with Crippen LogP contribution in [0.15, 0.2) is 22.7 Å². The number of nitrogens with one attached hydrogen (secondary N) is 1. The lowest BCUT2D eigenvalue weighted by atomic mass is 10.2. The fourth-order valence-electron chi connectivity index (χ4n) is 1.56. The van der Waals surface area contributed by atoms with Crippen LogP contribution in [0.4, 0.5) is 10.8 Å². The molecule has 1 heterocycles. The number of aryl methyl sites for hydroxylation is 1. The minimum atomic E-state index is -1.06. The van der Waals surface area contributed by atoms with E-state index in [0.29, 0.717) is 25.9 Å². The molecule has 0 radical (unpaired) electrons. The van der Waals surface area contributed by atoms with Gasteiger partial charge in [0.2, 0.25) is 0 Å². The summed E-state index contributed by atoms with van der Waals surface area (Å²) in [5.41, 5.74) is 6.55. The molecule has 1 amide bonds. The Kier molecular flexibility index (Phi) is 4.05. The maximum atomic E-state index is 12.1. The lowest BCUT2D eigenvalue weighted by molar-refractivity contribution is 0.0696. The lowest BCUT2D eigenvalue weighted by Crippen LogP contribution is -2.12. The monoisotopic (exact) mass is 355 g/mol. The summed E-state index contributed by atoms with van der Waals surface area (Å²) < 4.78 is 0.589. The number of carboxylic acid groups (broad SMARTS) is 1. The molecule has 0 bridgehead atoms. The van der Waals surface area contributed by atoms with Gasteiger partial charge in [0.1, 0.15) is 4.88 Å². The van der Waals surface area contributed by atoms with Gasteiger partial charge in [-0.05, 0) is 41.1 Å². The van der Waals surface area contributed by atoms with E-state index in [1.165, 1.54) is 12.1 Å². The molecular formula is C12H10BrN3O3S. The molecule has 2 rings (SSSR count). The van der Waals surface area contributed by atoms with Crippen LogP contribution in [0.3, 0.4) is 0 Å². The number of halogens is 1. The van der Waals surface area contributed by atoms with E-state index in [-0.39, 0.29) is 11.5 Å². The number of carbonyl (C=O) groups is 2. The van der Waals surface area contributed by atoms with E-state index >= 15 is 0 Å². The van der Waals surface area contributed by atoms with Gasteiger partial charge in [-0.3, -0.25) is 4.79 Å². The molecule has 20 heavy (non-hydrogen) atoms. The van der Waals surface area contributed by atoms with Crippen molar-refractivity contribution in [1.29, 1.82) is 0 Å². The van der Waals surface area contributed by atoms with Crippen molar-refractivity contribution >= 4 is 50.0 Å². The number of anilines is 2. The molecule has 0 spiro atoms. The van der Waals surface area contributed by atoms with E-state index in [1.807, 2.05) is 0 Å². The van der Waals surface area contributed by atoms with Crippen LogP contribution in [0, 0.1) is 6.92 Å². The average Bonchev–Trinajstić information content (AvgIpc) is 2.71. The van der Waals surface area contributed by atoms with Gasteiger partial charge in [0.15, 0.2) is 5.13 Å². The number of carboxylic acids is 1. The Labute approximate surface area is 126 Å². The highest BCUT2D eigenvalue weighted by molar-refractivity contribution is 9.10. The van der Waals surface area contributed by atoms with Gasteiger partial charge in [-0.2, -0.15) is 0 Å². The third kappa shape index (κ3) is 2.97. The number of aromatic carboxylic acids is 1. The first kappa shape index (κ1) is 14.5. The number of rotatable bonds is 3. The third-order valence-electron chi connectivity index (χ3n) is 2.48. The fourth-order valence-corrected chi connectivity index (χ4v) is 2.64. The molecule has 6 nitrogen and oxygen atoms in total. The summed E-state index contributed by atoms with van der Waals surface area (Å²) in [5.74, 6) is -1.44. The number of hydrogen-bond acceptors (Lipinski definition) is 5. The zero-order valence-electron chi connectivity index (χ0n) is 10.3. The first-order chi connectivity index (χ1) is 9.38. The molecule has 0 aliphatic rings. The van der Waals surface area contributed by atoms with Crippen LogP contribution in [0.5, 0.6) is 0 Å². The summed E-state index contributed by atoms with van der Waals surface area (Å²) in [6.45, 7) is 1.69. The van der Waals surface area contributed by atoms with Crippen LogP contribution >= 0.6 is 27.3 Å². The van der Waals surface area contributed by atoms with Crippen LogP contribution in [-0.2, 0) is 0 Å². The van der Waals surface area contributed by atoms with Gasteiger partial charge in [-0.15, -0.1) is 0 Å². The largest absolute Gasteiger partial charge is 0.478 e. The summed E-state index contributed by atoms with van der Waals surface area (Å²) in [7, 11) is 0. The Morgan fingerprint density at radius 2 is 2.15 bits per heavy atom. The molecule has 8 heteroatoms. The molecule has 0 aliphatic carbocycles. The number of benzene rings is 1. The van der Waals surface area contributed by atoms with E-state index in [0.717, 1.165) is 11.3 Å². The normalized spacial score (nSPS) is 10.3. The first-order valence-electron chi connectivity index (χ1n) is 5.45. The number of carbonyl (C=O) groups excluding carboxylic acids is 1. The zero-order valence-corrected chi connectivity index (χ0v) is 12.7. The maximum absolute atomic E-state index is 12.1. The van der Waals surface area contributed by atoms with Crippen molar-refractivity contribution < 1.29 is 14.7 Å². The van der Waals surface area contributed by atoms with E-state index in [9.17, 15) is 9.59 Å². The molecule has 0 saturated carbocycles. The number of nitrogens with two attached hydrogens (primary N) is 1. The highest BCUT2D eigenvalue weighted by atomic mass is 79.9. The summed E-state index contributed by atoms with van der Waals surface area (Å²) in [6.07, 6.45) is 0. The lowest BCUT2D eigenvalue weighted by Gasteiger charge is -2.07. The molecule has 1 aromatic carbocycles. The number of nitrogen functional groups attached to an aromatic ring is 1. The van der Waals surface area contributed by atoms with Gasteiger partial charge in [0.25, 0.3) is 5.91 Å². The predicted octanol–water partition coefficient (Wildman–Crippen LogP) is 2.75. The van der Waals surface area contributed by atoms with Gasteiger partial charge < -0.3 is 16.2 Å². The second-order valence-corrected chi connectivity index (χ2v) is 5.81. The minimum absolute atomic E-state index is 0.0871. The summed E-state index contributed by atoms with van der Waals surface area (Å²) in [4.78, 5) is 27.4. The van der Waals surface area contributed by atoms with Gasteiger partial charge in [-0.1, -0.05) is 11.3 Å². The topological polar surface area (TPSA) is 105 Å². The number of nitrogens with zero attached hydrogens (tertiary/aromatic N) is 1. The zero-order chi connectivity index (χ0) is 14.9. The highest BCUT2D eigenvalue weighted by Crippen LogP contribution is 2.26. The van der Waals surface area contributed by atoms with E-state index in [4.69, 9.17) is 10.8 Å². The SMILES string of the molecule is Cc1nc(N)sc1C(=O)Nc1cc(C(=O)O)ccc1Br. The van der Waals surface area contributed by atoms with Crippen molar-refractivity contribution in [2.75, 3.05) is 11.1 Å². The molecule has 1 aromatic heterocycles. The van der Waals surface area contributed by atoms with Crippen molar-refractivity contribution in [3.05, 3.63) is 38.8 Å². The first-order valence-corrected chi connectivity index (χ1v) is 7.06. The van der Waals surface area contributed by atoms with Gasteiger partial charge in [-0.25, -0.2) is 9.78 Å². The van der Waals surface area contributed by atoms with Gasteiger partial charge in [0.05, 0.1) is 16.9 Å². The quantitative estimate of drug-likeness (QED) is 0.784. The molecule has 0 aliphatic heterocycles. The summed E-state index contributed by atoms with van der Waals surface area (Å²) in [6, 6.07) is 4.38. The van der Waals surface area contributed by atoms with E-state index < -0.39 is 5.97 Å². The van der Waals surface area contributed by atoms with Crippen molar-refractivity contribution in [3.8, 4) is 0 Å². The van der Waals surface area contributed by atoms with Crippen LogP contribution < -0.4 is 11.1 Å². The van der Waals surface area contributed by atoms with E-state index in [2.05, 4.69) is 26.2 Å².